The molecule has 5 heterocycles. The second-order valence-corrected chi connectivity index (χ2v) is 13.7. The number of phenolic OH excluding ortho intramolecular Hbond substituents is 1. The van der Waals surface area contributed by atoms with Crippen LogP contribution < -0.4 is 20.9 Å². The number of hydrogen-bond donors (Lipinski definition) is 6. The predicted octanol–water partition coefficient (Wildman–Crippen LogP) is 1.29. The van der Waals surface area contributed by atoms with Crippen molar-refractivity contribution in [3.05, 3.63) is 87.3 Å². The van der Waals surface area contributed by atoms with Crippen molar-refractivity contribution >= 4 is 80.8 Å². The number of rotatable bonds is 10. The molecule has 2 saturated heterocycles. The molecule has 2 fully saturated rings. The molecule has 16 nitrogen and oxygen atoms in total. The number of thioether (sulfide) groups is 1. The third-order valence-corrected chi connectivity index (χ3v) is 10.3. The molecule has 2 atom stereocenters. The van der Waals surface area contributed by atoms with Crippen molar-refractivity contribution in [2.75, 3.05) is 23.3 Å². The highest BCUT2D eigenvalue weighted by atomic mass is 35.5. The molecule has 0 spiro atoms. The van der Waals surface area contributed by atoms with Crippen LogP contribution in [0.1, 0.15) is 17.7 Å². The van der Waals surface area contributed by atoms with Gasteiger partial charge in [0.15, 0.2) is 23.2 Å². The number of fused-ring (bicyclic) bond motifs is 1. The minimum Gasteiger partial charge on any atom is -0.506 e. The van der Waals surface area contributed by atoms with Gasteiger partial charge in [-0.15, -0.1) is 23.1 Å². The number of nitrogens with two attached hydrogens (primary N) is 1. The number of oxime groups is 1. The van der Waals surface area contributed by atoms with Crippen molar-refractivity contribution in [3.8, 4) is 5.75 Å². The van der Waals surface area contributed by atoms with Gasteiger partial charge in [-0.2, -0.15) is 4.57 Å². The number of pyridine rings is 1. The molecule has 0 bridgehead atoms. The standard InChI is InChI=1S/C31H27ClN8O8S2/c32-19-10-18(1-2-21(19)41)34-22(42)12-38-6-3-15(4-7-38)11-39-8-5-16(27(39)44)9-17-13-49-29-24(28(45)40(29)25(17)30(46)47)36-26(43)23(37-48)20-14-50-31(33)35-20/h1-4,6-7,9-10,14,24,29H,5,8,11-13H2,(H6-,33,34,35,36,37,41,42,43,46,47,48)/p+1/t24-,29-/m1/s1. The number of halogens is 1. The Bertz CT molecular complexity index is 2010. The lowest BCUT2D eigenvalue weighted by molar-refractivity contribution is -0.684. The normalized spacial score (nSPS) is 19.8. The summed E-state index contributed by atoms with van der Waals surface area (Å²) in [4.78, 5) is 70.7. The van der Waals surface area contributed by atoms with Crippen LogP contribution in [0.15, 0.2) is 76.2 Å². The Labute approximate surface area is 296 Å². The number of benzene rings is 1. The number of nitrogens with zero attached hydrogens (tertiary/aromatic N) is 5. The van der Waals surface area contributed by atoms with Gasteiger partial charge in [-0.3, -0.25) is 24.1 Å². The predicted molar refractivity (Wildman–Crippen MR) is 181 cm³/mol. The van der Waals surface area contributed by atoms with Crippen LogP contribution in [0.5, 0.6) is 5.75 Å². The van der Waals surface area contributed by atoms with E-state index in [2.05, 4.69) is 20.8 Å². The van der Waals surface area contributed by atoms with Crippen molar-refractivity contribution < 1.29 is 44.0 Å². The Morgan fingerprint density at radius 2 is 1.96 bits per heavy atom. The largest absolute Gasteiger partial charge is 0.506 e. The summed E-state index contributed by atoms with van der Waals surface area (Å²) in [7, 11) is 0. The van der Waals surface area contributed by atoms with Gasteiger partial charge in [-0.05, 0) is 41.8 Å². The van der Waals surface area contributed by atoms with Gasteiger partial charge in [-0.1, -0.05) is 16.8 Å². The maximum atomic E-state index is 13.3. The van der Waals surface area contributed by atoms with E-state index >= 15 is 0 Å². The summed E-state index contributed by atoms with van der Waals surface area (Å²) in [6.45, 7) is 0.704. The average Bonchev–Trinajstić information content (AvgIpc) is 3.66. The quantitative estimate of drug-likeness (QED) is 0.0330. The molecule has 7 N–H and O–H groups in total. The number of aromatic nitrogens is 2. The molecular weight excluding hydrogens is 712 g/mol. The fraction of sp³-hybridized carbons (Fsp3) is 0.226. The molecule has 50 heavy (non-hydrogen) atoms. The zero-order valence-electron chi connectivity index (χ0n) is 25.8. The smallest absolute Gasteiger partial charge is 0.352 e. The number of β-lactam (4-membered cyclic amide) rings is 1. The number of aliphatic carboxylic acids is 1. The fourth-order valence-corrected chi connectivity index (χ4v) is 7.64. The van der Waals surface area contributed by atoms with Gasteiger partial charge in [0.25, 0.3) is 17.7 Å². The number of hydrogen-bond acceptors (Lipinski definition) is 12. The van der Waals surface area contributed by atoms with Crippen LogP contribution in [0.4, 0.5) is 10.8 Å². The first-order valence-corrected chi connectivity index (χ1v) is 17.2. The number of anilines is 2. The number of phenols is 1. The number of carboxylic acids is 1. The summed E-state index contributed by atoms with van der Waals surface area (Å²) < 4.78 is 1.66. The molecule has 6 rings (SSSR count). The molecular formula is C31H28ClN8O8S2+. The lowest BCUT2D eigenvalue weighted by Crippen LogP contribution is -2.71. The number of nitrogens with one attached hydrogen (secondary N) is 2. The lowest BCUT2D eigenvalue weighted by atomic mass is 10.0. The molecule has 2 aromatic heterocycles. The van der Waals surface area contributed by atoms with Gasteiger partial charge in [-0.25, -0.2) is 9.78 Å². The first-order valence-electron chi connectivity index (χ1n) is 14.8. The lowest BCUT2D eigenvalue weighted by Gasteiger charge is -2.49. The zero-order chi connectivity index (χ0) is 35.7. The number of carboxylic acid groups (broad SMARTS) is 1. The Morgan fingerprint density at radius 1 is 1.20 bits per heavy atom. The maximum absolute atomic E-state index is 13.3. The first kappa shape index (κ1) is 34.4. The van der Waals surface area contributed by atoms with E-state index in [-0.39, 0.29) is 58.0 Å². The SMILES string of the molecule is Nc1nc(/C(=N/O)C(=O)N[C@@H]2C(=O)N3C(C(=O)O)=C(C=C4CCN(Cc5cc[n+](CC(=O)Nc6ccc(O)c(Cl)c6)cc5)C4=O)CS[C@H]23)cs1. The molecule has 0 aliphatic carbocycles. The van der Waals surface area contributed by atoms with Gasteiger partial charge in [0.1, 0.15) is 28.6 Å². The average molecular weight is 740 g/mol. The summed E-state index contributed by atoms with van der Waals surface area (Å²) in [5.74, 6) is -3.39. The van der Waals surface area contributed by atoms with E-state index in [1.54, 1.807) is 34.0 Å². The second kappa shape index (κ2) is 14.2. The summed E-state index contributed by atoms with van der Waals surface area (Å²) in [5, 5.41) is 38.1. The van der Waals surface area contributed by atoms with E-state index in [9.17, 15) is 39.4 Å². The number of likely N-dealkylation sites (tertiary alicyclic amines) is 1. The summed E-state index contributed by atoms with van der Waals surface area (Å²) >= 11 is 8.15. The first-order chi connectivity index (χ1) is 23.9. The highest BCUT2D eigenvalue weighted by molar-refractivity contribution is 8.00. The molecule has 3 aliphatic rings. The molecule has 1 aromatic carbocycles. The van der Waals surface area contributed by atoms with E-state index < -0.39 is 34.9 Å². The third-order valence-electron chi connectivity index (χ3n) is 8.02. The second-order valence-electron chi connectivity index (χ2n) is 11.3. The van der Waals surface area contributed by atoms with E-state index in [0.29, 0.717) is 29.8 Å². The molecule has 19 heteroatoms. The minimum absolute atomic E-state index is 0.0148. The Balaban J connectivity index is 1.07. The highest BCUT2D eigenvalue weighted by Gasteiger charge is 2.54. The van der Waals surface area contributed by atoms with Crippen LogP contribution in [-0.4, -0.2) is 89.2 Å². The van der Waals surface area contributed by atoms with E-state index in [4.69, 9.17) is 17.3 Å². The van der Waals surface area contributed by atoms with Crippen molar-refractivity contribution in [1.82, 2.24) is 20.1 Å². The molecule has 0 unspecified atom stereocenters. The number of carbonyl (C=O) groups is 5. The summed E-state index contributed by atoms with van der Waals surface area (Å²) in [5.41, 5.74) is 6.87. The van der Waals surface area contributed by atoms with Crippen LogP contribution in [0, 0.1) is 0 Å². The maximum Gasteiger partial charge on any atom is 0.352 e. The Kier molecular flexibility index (Phi) is 9.76. The Hall–Kier alpha value is -5.46. The summed E-state index contributed by atoms with van der Waals surface area (Å²) in [6, 6.07) is 6.85. The monoisotopic (exact) mass is 739 g/mol. The van der Waals surface area contributed by atoms with Crippen molar-refractivity contribution in [3.63, 3.8) is 0 Å². The molecule has 3 aromatic rings. The van der Waals surface area contributed by atoms with Crippen LogP contribution in [0.2, 0.25) is 5.02 Å². The van der Waals surface area contributed by atoms with Crippen LogP contribution in [0.25, 0.3) is 0 Å². The van der Waals surface area contributed by atoms with Gasteiger partial charge < -0.3 is 36.7 Å². The number of aromatic hydroxyl groups is 1. The molecule has 3 aliphatic heterocycles. The number of allylic oxidation sites excluding steroid dienone is 1. The molecule has 0 saturated carbocycles. The van der Waals surface area contributed by atoms with Crippen LogP contribution in [-0.2, 0) is 37.1 Å². The third kappa shape index (κ3) is 6.98. The topological polar surface area (TPSA) is 232 Å². The van der Waals surface area contributed by atoms with Crippen molar-refractivity contribution in [2.45, 2.75) is 30.9 Å². The Morgan fingerprint density at radius 3 is 2.62 bits per heavy atom. The minimum atomic E-state index is -1.35. The molecule has 258 valence electrons. The van der Waals surface area contributed by atoms with Crippen LogP contribution >= 0.6 is 34.7 Å². The van der Waals surface area contributed by atoms with Gasteiger partial charge in [0, 0.05) is 47.6 Å². The van der Waals surface area contributed by atoms with E-state index in [1.165, 1.54) is 41.4 Å². The van der Waals surface area contributed by atoms with Gasteiger partial charge in [0.05, 0.1) is 5.02 Å². The van der Waals surface area contributed by atoms with Crippen molar-refractivity contribution in [2.24, 2.45) is 5.16 Å². The molecule has 0 radical (unpaired) electrons. The number of thiazole rings is 1. The van der Waals surface area contributed by atoms with Gasteiger partial charge >= 0.3 is 5.97 Å². The number of nitrogen functional groups attached to an aromatic ring is 1. The number of amides is 4. The fourth-order valence-electron chi connectivity index (χ4n) is 5.61. The number of carbonyl (C=O) groups excluding carboxylic acids is 4. The van der Waals surface area contributed by atoms with Gasteiger partial charge in [0.2, 0.25) is 12.5 Å². The molecule has 4 amide bonds. The van der Waals surface area contributed by atoms with Crippen LogP contribution in [0.3, 0.4) is 0 Å². The zero-order valence-corrected chi connectivity index (χ0v) is 28.2. The van der Waals surface area contributed by atoms with E-state index in [1.807, 2.05) is 0 Å². The summed E-state index contributed by atoms with van der Waals surface area (Å²) in [6.07, 6.45) is 5.31. The highest BCUT2D eigenvalue weighted by Crippen LogP contribution is 2.41. The van der Waals surface area contributed by atoms with E-state index in [0.717, 1.165) is 21.8 Å². The van der Waals surface area contributed by atoms with Crippen molar-refractivity contribution in [1.29, 1.82) is 0 Å².